The van der Waals surface area contributed by atoms with Crippen LogP contribution in [0.5, 0.6) is 0 Å². The van der Waals surface area contributed by atoms with Crippen LogP contribution in [0.3, 0.4) is 0 Å². The number of furan rings is 1. The second-order valence-electron chi connectivity index (χ2n) is 5.68. The lowest BCUT2D eigenvalue weighted by atomic mass is 10.3. The van der Waals surface area contributed by atoms with Gasteiger partial charge in [-0.25, -0.2) is 17.2 Å². The normalized spacial score (nSPS) is 16.2. The van der Waals surface area contributed by atoms with E-state index in [1.807, 2.05) is 0 Å². The van der Waals surface area contributed by atoms with Gasteiger partial charge in [0.25, 0.3) is 5.91 Å². The number of carbonyl (C=O) groups excluding carboxylic acids is 1. The molecule has 1 aliphatic heterocycles. The highest BCUT2D eigenvalue weighted by atomic mass is 32.2. The maximum atomic E-state index is 13.3. The molecule has 0 aliphatic carbocycles. The van der Waals surface area contributed by atoms with Crippen LogP contribution in [-0.2, 0) is 10.0 Å². The minimum atomic E-state index is -3.95. The summed E-state index contributed by atoms with van der Waals surface area (Å²) in [6.45, 7) is 2.21. The van der Waals surface area contributed by atoms with Gasteiger partial charge in [-0.15, -0.1) is 0 Å². The van der Waals surface area contributed by atoms with Gasteiger partial charge < -0.3 is 9.32 Å². The zero-order chi connectivity index (χ0) is 18.2. The monoisotopic (exact) mass is 370 g/mol. The number of benzene rings is 1. The lowest BCUT2D eigenvalue weighted by Crippen LogP contribution is -2.50. The smallest absolute Gasteiger partial charge is 0.289 e. The lowest BCUT2D eigenvalue weighted by molar-refractivity contribution is 0.0664. The Labute approximate surface area is 143 Å². The van der Waals surface area contributed by atoms with Gasteiger partial charge in [-0.2, -0.15) is 4.31 Å². The summed E-state index contributed by atoms with van der Waals surface area (Å²) in [5, 5.41) is 0. The van der Waals surface area contributed by atoms with Crippen molar-refractivity contribution in [1.82, 2.24) is 9.21 Å². The molecule has 2 aromatic rings. The molecule has 25 heavy (non-hydrogen) atoms. The molecule has 0 radical (unpaired) electrons. The number of carbonyl (C=O) groups is 1. The maximum Gasteiger partial charge on any atom is 0.289 e. The zero-order valence-electron chi connectivity index (χ0n) is 13.4. The van der Waals surface area contributed by atoms with Gasteiger partial charge in [-0.05, 0) is 37.3 Å². The van der Waals surface area contributed by atoms with Crippen molar-refractivity contribution in [2.24, 2.45) is 0 Å². The maximum absolute atomic E-state index is 13.3. The first-order valence-electron chi connectivity index (χ1n) is 7.60. The van der Waals surface area contributed by atoms with Crippen LogP contribution in [0.1, 0.15) is 16.3 Å². The Morgan fingerprint density at radius 1 is 1.04 bits per heavy atom. The Hall–Kier alpha value is -2.26. The van der Waals surface area contributed by atoms with Gasteiger partial charge >= 0.3 is 0 Å². The van der Waals surface area contributed by atoms with Crippen LogP contribution in [0.2, 0.25) is 0 Å². The number of rotatable bonds is 3. The van der Waals surface area contributed by atoms with Crippen molar-refractivity contribution in [2.45, 2.75) is 11.8 Å². The van der Waals surface area contributed by atoms with Crippen LogP contribution in [0, 0.1) is 18.6 Å². The van der Waals surface area contributed by atoms with E-state index in [1.165, 1.54) is 4.90 Å². The van der Waals surface area contributed by atoms with E-state index in [1.54, 1.807) is 19.1 Å². The van der Waals surface area contributed by atoms with Gasteiger partial charge in [0, 0.05) is 26.2 Å². The van der Waals surface area contributed by atoms with E-state index in [0.717, 1.165) is 16.4 Å². The molecule has 2 heterocycles. The second-order valence-corrected chi connectivity index (χ2v) is 7.62. The lowest BCUT2D eigenvalue weighted by Gasteiger charge is -2.33. The van der Waals surface area contributed by atoms with Crippen molar-refractivity contribution in [2.75, 3.05) is 26.2 Å². The van der Waals surface area contributed by atoms with E-state index in [4.69, 9.17) is 4.42 Å². The Morgan fingerprint density at radius 3 is 2.28 bits per heavy atom. The van der Waals surface area contributed by atoms with E-state index < -0.39 is 21.7 Å². The van der Waals surface area contributed by atoms with E-state index in [0.29, 0.717) is 11.8 Å². The molecule has 0 saturated carbocycles. The molecule has 1 saturated heterocycles. The standard InChI is InChI=1S/C16H16F2N2O4S/c1-11-2-5-15(24-11)16(21)19-6-8-20(9-7-19)25(22,23)12-3-4-13(17)14(18)10-12/h2-5,10H,6-9H2,1H3. The fraction of sp³-hybridized carbons (Fsp3) is 0.312. The van der Waals surface area contributed by atoms with Crippen LogP contribution in [0.15, 0.2) is 39.6 Å². The third-order valence-electron chi connectivity index (χ3n) is 4.01. The molecule has 1 aromatic heterocycles. The summed E-state index contributed by atoms with van der Waals surface area (Å²) in [4.78, 5) is 13.5. The zero-order valence-corrected chi connectivity index (χ0v) is 14.2. The number of sulfonamides is 1. The molecule has 0 spiro atoms. The highest BCUT2D eigenvalue weighted by molar-refractivity contribution is 7.89. The number of piperazine rings is 1. The molecular weight excluding hydrogens is 354 g/mol. The van der Waals surface area contributed by atoms with Crippen molar-refractivity contribution in [3.8, 4) is 0 Å². The number of halogens is 2. The first kappa shape index (κ1) is 17.6. The molecule has 134 valence electrons. The van der Waals surface area contributed by atoms with Crippen LogP contribution >= 0.6 is 0 Å². The van der Waals surface area contributed by atoms with Crippen LogP contribution < -0.4 is 0 Å². The minimum Gasteiger partial charge on any atom is -0.456 e. The van der Waals surface area contributed by atoms with Gasteiger partial charge in [0.2, 0.25) is 10.0 Å². The van der Waals surface area contributed by atoms with Crippen molar-refractivity contribution in [3.05, 3.63) is 53.5 Å². The number of hydrogen-bond acceptors (Lipinski definition) is 4. The SMILES string of the molecule is Cc1ccc(C(=O)N2CCN(S(=O)(=O)c3ccc(F)c(F)c3)CC2)o1. The molecule has 1 amide bonds. The van der Waals surface area contributed by atoms with Gasteiger partial charge in [0.05, 0.1) is 4.90 Å². The Bertz CT molecular complexity index is 903. The average molecular weight is 370 g/mol. The van der Waals surface area contributed by atoms with E-state index in [-0.39, 0.29) is 42.7 Å². The van der Waals surface area contributed by atoms with E-state index in [9.17, 15) is 22.0 Å². The molecule has 1 fully saturated rings. The molecule has 6 nitrogen and oxygen atoms in total. The Morgan fingerprint density at radius 2 is 1.72 bits per heavy atom. The van der Waals surface area contributed by atoms with Crippen LogP contribution in [0.4, 0.5) is 8.78 Å². The number of amides is 1. The first-order chi connectivity index (χ1) is 11.8. The van der Waals surface area contributed by atoms with Crippen LogP contribution in [0.25, 0.3) is 0 Å². The summed E-state index contributed by atoms with van der Waals surface area (Å²) in [6, 6.07) is 5.71. The Kier molecular flexibility index (Phi) is 4.61. The van der Waals surface area contributed by atoms with Gasteiger partial charge in [0.1, 0.15) is 5.76 Å². The highest BCUT2D eigenvalue weighted by Crippen LogP contribution is 2.20. The van der Waals surface area contributed by atoms with Gasteiger partial charge in [0.15, 0.2) is 17.4 Å². The molecule has 9 heteroatoms. The summed E-state index contributed by atoms with van der Waals surface area (Å²) >= 11 is 0. The van der Waals surface area contributed by atoms with Crippen LogP contribution in [-0.4, -0.2) is 49.7 Å². The van der Waals surface area contributed by atoms with E-state index in [2.05, 4.69) is 0 Å². The van der Waals surface area contributed by atoms with Gasteiger partial charge in [-0.1, -0.05) is 0 Å². The van der Waals surface area contributed by atoms with E-state index >= 15 is 0 Å². The summed E-state index contributed by atoms with van der Waals surface area (Å²) in [5.41, 5.74) is 0. The fourth-order valence-electron chi connectivity index (χ4n) is 2.62. The molecule has 0 atom stereocenters. The summed E-state index contributed by atoms with van der Waals surface area (Å²) < 4.78 is 57.8. The summed E-state index contributed by atoms with van der Waals surface area (Å²) in [7, 11) is -3.95. The highest BCUT2D eigenvalue weighted by Gasteiger charge is 2.31. The first-order valence-corrected chi connectivity index (χ1v) is 9.04. The van der Waals surface area contributed by atoms with Crippen molar-refractivity contribution in [3.63, 3.8) is 0 Å². The van der Waals surface area contributed by atoms with Gasteiger partial charge in [-0.3, -0.25) is 4.79 Å². The molecule has 0 bridgehead atoms. The summed E-state index contributed by atoms with van der Waals surface area (Å²) in [5.74, 6) is -1.82. The fourth-order valence-corrected chi connectivity index (χ4v) is 4.06. The molecule has 0 N–H and O–H groups in total. The summed E-state index contributed by atoms with van der Waals surface area (Å²) in [6.07, 6.45) is 0. The Balaban J connectivity index is 1.71. The predicted molar refractivity (Wildman–Crippen MR) is 84.5 cm³/mol. The average Bonchev–Trinajstić information content (AvgIpc) is 3.03. The second kappa shape index (κ2) is 6.57. The molecule has 1 aliphatic rings. The van der Waals surface area contributed by atoms with Crippen molar-refractivity contribution >= 4 is 15.9 Å². The number of hydrogen-bond donors (Lipinski definition) is 0. The molecule has 0 unspecified atom stereocenters. The largest absolute Gasteiger partial charge is 0.456 e. The minimum absolute atomic E-state index is 0.0623. The third kappa shape index (κ3) is 3.42. The number of nitrogens with zero attached hydrogens (tertiary/aromatic N) is 2. The topological polar surface area (TPSA) is 70.8 Å². The van der Waals surface area contributed by atoms with Crippen molar-refractivity contribution < 1.29 is 26.4 Å². The predicted octanol–water partition coefficient (Wildman–Crippen LogP) is 2.01. The number of aryl methyl sites for hydroxylation is 1. The third-order valence-corrected chi connectivity index (χ3v) is 5.90. The molecular formula is C16H16F2N2O4S. The molecule has 1 aromatic carbocycles. The molecule has 3 rings (SSSR count). The van der Waals surface area contributed by atoms with Crippen molar-refractivity contribution in [1.29, 1.82) is 0 Å². The quantitative estimate of drug-likeness (QED) is 0.829.